The summed E-state index contributed by atoms with van der Waals surface area (Å²) < 4.78 is 1.97. The van der Waals surface area contributed by atoms with Gasteiger partial charge < -0.3 is 10.6 Å². The molecule has 1 aromatic heterocycles. The first-order chi connectivity index (χ1) is 8.97. The second kappa shape index (κ2) is 5.79. The standard InChI is InChI=1S/C13H17N3OS2/c1-8(2)16(3)12(17)7-18-13-15-10-5-4-9(14)6-11(10)19-13/h4-6,8H,7,14H2,1-3H3. The molecule has 0 fully saturated rings. The van der Waals surface area contributed by atoms with Gasteiger partial charge in [0.25, 0.3) is 0 Å². The van der Waals surface area contributed by atoms with Crippen LogP contribution in [0.1, 0.15) is 13.8 Å². The predicted molar refractivity (Wildman–Crippen MR) is 82.7 cm³/mol. The lowest BCUT2D eigenvalue weighted by molar-refractivity contribution is -0.128. The number of hydrogen-bond acceptors (Lipinski definition) is 5. The smallest absolute Gasteiger partial charge is 0.232 e. The average Bonchev–Trinajstić information content (AvgIpc) is 2.76. The Balaban J connectivity index is 2.04. The molecular formula is C13H17N3OS2. The van der Waals surface area contributed by atoms with Crippen LogP contribution in [-0.4, -0.2) is 34.6 Å². The van der Waals surface area contributed by atoms with Crippen molar-refractivity contribution in [2.75, 3.05) is 18.5 Å². The van der Waals surface area contributed by atoms with Crippen molar-refractivity contribution in [1.82, 2.24) is 9.88 Å². The number of benzene rings is 1. The number of carbonyl (C=O) groups is 1. The molecule has 0 aliphatic rings. The number of nitrogens with zero attached hydrogens (tertiary/aromatic N) is 2. The van der Waals surface area contributed by atoms with E-state index in [1.165, 1.54) is 11.8 Å². The number of aromatic nitrogens is 1. The lowest BCUT2D eigenvalue weighted by Gasteiger charge is -2.20. The first-order valence-corrected chi connectivity index (χ1v) is 7.82. The Bertz CT molecular complexity index is 595. The van der Waals surface area contributed by atoms with Crippen LogP contribution in [0.25, 0.3) is 10.2 Å². The van der Waals surface area contributed by atoms with E-state index in [2.05, 4.69) is 4.98 Å². The minimum atomic E-state index is 0.124. The first kappa shape index (κ1) is 14.1. The summed E-state index contributed by atoms with van der Waals surface area (Å²) >= 11 is 3.06. The van der Waals surface area contributed by atoms with E-state index in [1.807, 2.05) is 39.1 Å². The molecule has 19 heavy (non-hydrogen) atoms. The maximum atomic E-state index is 11.9. The molecule has 1 aromatic carbocycles. The van der Waals surface area contributed by atoms with Crippen molar-refractivity contribution < 1.29 is 4.79 Å². The summed E-state index contributed by atoms with van der Waals surface area (Å²) in [7, 11) is 1.83. The number of thioether (sulfide) groups is 1. The van der Waals surface area contributed by atoms with E-state index in [0.717, 1.165) is 20.2 Å². The average molecular weight is 295 g/mol. The van der Waals surface area contributed by atoms with Gasteiger partial charge in [0.1, 0.15) is 0 Å². The number of nitrogen functional groups attached to an aromatic ring is 1. The summed E-state index contributed by atoms with van der Waals surface area (Å²) in [4.78, 5) is 18.1. The van der Waals surface area contributed by atoms with Gasteiger partial charge in [-0.15, -0.1) is 11.3 Å². The highest BCUT2D eigenvalue weighted by Crippen LogP contribution is 2.30. The minimum Gasteiger partial charge on any atom is -0.399 e. The summed E-state index contributed by atoms with van der Waals surface area (Å²) in [6.07, 6.45) is 0. The van der Waals surface area contributed by atoms with Crippen LogP contribution in [-0.2, 0) is 4.79 Å². The first-order valence-electron chi connectivity index (χ1n) is 6.02. The molecule has 1 heterocycles. The predicted octanol–water partition coefficient (Wildman–Crippen LogP) is 2.84. The number of hydrogen-bond donors (Lipinski definition) is 1. The third-order valence-electron chi connectivity index (χ3n) is 2.88. The van der Waals surface area contributed by atoms with Crippen LogP contribution in [0.3, 0.4) is 0 Å². The van der Waals surface area contributed by atoms with Crippen molar-refractivity contribution in [3.63, 3.8) is 0 Å². The van der Waals surface area contributed by atoms with Crippen molar-refractivity contribution in [3.05, 3.63) is 18.2 Å². The van der Waals surface area contributed by atoms with Crippen molar-refractivity contribution in [1.29, 1.82) is 0 Å². The van der Waals surface area contributed by atoms with Crippen LogP contribution in [0, 0.1) is 0 Å². The lowest BCUT2D eigenvalue weighted by Crippen LogP contribution is -2.34. The summed E-state index contributed by atoms with van der Waals surface area (Å²) in [6.45, 7) is 4.01. The van der Waals surface area contributed by atoms with Gasteiger partial charge in [-0.1, -0.05) is 11.8 Å². The van der Waals surface area contributed by atoms with Crippen molar-refractivity contribution in [3.8, 4) is 0 Å². The molecule has 0 saturated carbocycles. The van der Waals surface area contributed by atoms with E-state index in [1.54, 1.807) is 16.2 Å². The Morgan fingerprint density at radius 1 is 1.53 bits per heavy atom. The van der Waals surface area contributed by atoms with Gasteiger partial charge in [-0.05, 0) is 32.0 Å². The normalized spacial score (nSPS) is 11.2. The fraction of sp³-hybridized carbons (Fsp3) is 0.385. The van der Waals surface area contributed by atoms with Crippen molar-refractivity contribution in [2.24, 2.45) is 0 Å². The fourth-order valence-electron chi connectivity index (χ4n) is 1.50. The molecule has 0 saturated heterocycles. The van der Waals surface area contributed by atoms with Gasteiger partial charge in [0, 0.05) is 18.8 Å². The van der Waals surface area contributed by atoms with E-state index in [9.17, 15) is 4.79 Å². The molecule has 0 aliphatic heterocycles. The highest BCUT2D eigenvalue weighted by molar-refractivity contribution is 8.01. The number of amides is 1. The van der Waals surface area contributed by atoms with E-state index >= 15 is 0 Å². The Morgan fingerprint density at radius 2 is 2.26 bits per heavy atom. The van der Waals surface area contributed by atoms with Crippen molar-refractivity contribution in [2.45, 2.75) is 24.2 Å². The van der Waals surface area contributed by atoms with Crippen LogP contribution in [0.2, 0.25) is 0 Å². The quantitative estimate of drug-likeness (QED) is 0.696. The molecule has 2 aromatic rings. The summed E-state index contributed by atoms with van der Waals surface area (Å²) in [5.41, 5.74) is 7.42. The molecule has 0 spiro atoms. The van der Waals surface area contributed by atoms with E-state index in [-0.39, 0.29) is 11.9 Å². The number of nitrogens with two attached hydrogens (primary N) is 1. The van der Waals surface area contributed by atoms with Gasteiger partial charge in [0.05, 0.1) is 16.0 Å². The van der Waals surface area contributed by atoms with Gasteiger partial charge in [0.2, 0.25) is 5.91 Å². The molecule has 102 valence electrons. The monoisotopic (exact) mass is 295 g/mol. The SMILES string of the molecule is CC(C)N(C)C(=O)CSc1nc2ccc(N)cc2s1. The largest absolute Gasteiger partial charge is 0.399 e. The Morgan fingerprint density at radius 3 is 2.95 bits per heavy atom. The maximum absolute atomic E-state index is 11.9. The number of fused-ring (bicyclic) bond motifs is 1. The zero-order valence-electron chi connectivity index (χ0n) is 11.2. The lowest BCUT2D eigenvalue weighted by atomic mass is 10.3. The van der Waals surface area contributed by atoms with E-state index in [0.29, 0.717) is 5.75 Å². The van der Waals surface area contributed by atoms with Crippen LogP contribution in [0.4, 0.5) is 5.69 Å². The Hall–Kier alpha value is -1.27. The third kappa shape index (κ3) is 3.39. The van der Waals surface area contributed by atoms with Crippen molar-refractivity contribution >= 4 is 44.9 Å². The molecule has 0 atom stereocenters. The van der Waals surface area contributed by atoms with Crippen LogP contribution < -0.4 is 5.73 Å². The molecule has 0 radical (unpaired) electrons. The summed E-state index contributed by atoms with van der Waals surface area (Å²) in [6, 6.07) is 5.89. The van der Waals surface area contributed by atoms with Gasteiger partial charge in [-0.2, -0.15) is 0 Å². The highest BCUT2D eigenvalue weighted by atomic mass is 32.2. The third-order valence-corrected chi connectivity index (χ3v) is 5.03. The van der Waals surface area contributed by atoms with Gasteiger partial charge in [-0.25, -0.2) is 4.98 Å². The second-order valence-electron chi connectivity index (χ2n) is 4.59. The van der Waals surface area contributed by atoms with Crippen LogP contribution >= 0.6 is 23.1 Å². The number of anilines is 1. The molecule has 6 heteroatoms. The summed E-state index contributed by atoms with van der Waals surface area (Å²) in [5.74, 6) is 0.544. The highest BCUT2D eigenvalue weighted by Gasteiger charge is 2.13. The maximum Gasteiger partial charge on any atom is 0.232 e. The van der Waals surface area contributed by atoms with Crippen LogP contribution in [0.15, 0.2) is 22.5 Å². The number of thiazole rings is 1. The molecular weight excluding hydrogens is 278 g/mol. The molecule has 0 unspecified atom stereocenters. The molecule has 1 amide bonds. The Labute approximate surface area is 121 Å². The molecule has 2 rings (SSSR count). The molecule has 4 nitrogen and oxygen atoms in total. The van der Waals surface area contributed by atoms with E-state index < -0.39 is 0 Å². The van der Waals surface area contributed by atoms with Gasteiger partial charge in [-0.3, -0.25) is 4.79 Å². The number of carbonyl (C=O) groups excluding carboxylic acids is 1. The second-order valence-corrected chi connectivity index (χ2v) is 6.85. The Kier molecular flexibility index (Phi) is 4.31. The zero-order chi connectivity index (χ0) is 14.0. The number of rotatable bonds is 4. The van der Waals surface area contributed by atoms with Gasteiger partial charge >= 0.3 is 0 Å². The van der Waals surface area contributed by atoms with Gasteiger partial charge in [0.15, 0.2) is 4.34 Å². The fourth-order valence-corrected chi connectivity index (χ4v) is 3.54. The topological polar surface area (TPSA) is 59.2 Å². The minimum absolute atomic E-state index is 0.124. The summed E-state index contributed by atoms with van der Waals surface area (Å²) in [5, 5.41) is 0. The molecule has 0 bridgehead atoms. The molecule has 2 N–H and O–H groups in total. The zero-order valence-corrected chi connectivity index (χ0v) is 12.8. The van der Waals surface area contributed by atoms with Crippen LogP contribution in [0.5, 0.6) is 0 Å². The van der Waals surface area contributed by atoms with E-state index in [4.69, 9.17) is 5.73 Å². The molecule has 0 aliphatic carbocycles.